The molecule has 0 aromatic heterocycles. The smallest absolute Gasteiger partial charge is 0.234 e. The summed E-state index contributed by atoms with van der Waals surface area (Å²) in [6.45, 7) is 0. The van der Waals surface area contributed by atoms with Crippen LogP contribution in [0, 0.1) is 4.91 Å². The lowest BCUT2D eigenvalue weighted by atomic mass is 10.6. The van der Waals surface area contributed by atoms with Crippen molar-refractivity contribution in [2.75, 3.05) is 0 Å². The van der Waals surface area contributed by atoms with Gasteiger partial charge in [-0.15, -0.1) is 0 Å². The van der Waals surface area contributed by atoms with Crippen molar-refractivity contribution in [3.05, 3.63) is 17.2 Å². The number of nitroso groups, excluding NO2 is 1. The highest BCUT2D eigenvalue weighted by Gasteiger charge is 2.10. The largest absolute Gasteiger partial charge is 0.406 e. The van der Waals surface area contributed by atoms with Crippen LogP contribution in [0.2, 0.25) is 0 Å². The first-order valence-electron chi connectivity index (χ1n) is 1.89. The van der Waals surface area contributed by atoms with Gasteiger partial charge >= 0.3 is 5.91 Å². The molecule has 0 atom stereocenters. The summed E-state index contributed by atoms with van der Waals surface area (Å²) in [6.07, 6.45) is 2.04. The van der Waals surface area contributed by atoms with Crippen LogP contribution < -0.4 is 0 Å². The van der Waals surface area contributed by atoms with Crippen molar-refractivity contribution in [2.24, 2.45) is 10.3 Å². The maximum absolute atomic E-state index is 10.1. The summed E-state index contributed by atoms with van der Waals surface area (Å²) in [5.74, 6) is -0.503. The van der Waals surface area contributed by atoms with E-state index in [1.165, 1.54) is 0 Å². The molecule has 0 saturated carbocycles. The van der Waals surface area contributed by atoms with Crippen LogP contribution in [0.15, 0.2) is 22.6 Å². The van der Waals surface area contributed by atoms with Gasteiger partial charge in [-0.05, 0) is 4.91 Å². The van der Waals surface area contributed by atoms with Crippen LogP contribution in [-0.4, -0.2) is 10.8 Å². The van der Waals surface area contributed by atoms with E-state index in [1.54, 1.807) is 0 Å². The molecule has 1 rings (SSSR count). The van der Waals surface area contributed by atoms with Gasteiger partial charge in [0.05, 0.1) is 6.08 Å². The summed E-state index contributed by atoms with van der Waals surface area (Å²) in [6, 6.07) is 0. The van der Waals surface area contributed by atoms with E-state index in [9.17, 15) is 9.70 Å². The highest BCUT2D eigenvalue weighted by Crippen LogP contribution is 1.90. The highest BCUT2D eigenvalue weighted by molar-refractivity contribution is 5.87. The van der Waals surface area contributed by atoms with Gasteiger partial charge in [0.1, 0.15) is 9.98 Å². The first-order valence-corrected chi connectivity index (χ1v) is 1.89. The Morgan fingerprint density at radius 3 is 2.75 bits per heavy atom. The minimum Gasteiger partial charge on any atom is -0.234 e. The molecule has 0 N–H and O–H groups in total. The molecule has 1 aliphatic rings. The molecule has 0 spiro atoms. The zero-order valence-corrected chi connectivity index (χ0v) is 3.81. The van der Waals surface area contributed by atoms with Crippen molar-refractivity contribution in [3.8, 4) is 0 Å². The van der Waals surface area contributed by atoms with Gasteiger partial charge in [-0.25, -0.2) is 4.79 Å². The number of amides is 1. The van der Waals surface area contributed by atoms with Crippen molar-refractivity contribution in [1.29, 1.82) is 0 Å². The first-order chi connectivity index (χ1) is 3.79. The van der Waals surface area contributed by atoms with Gasteiger partial charge in [-0.3, -0.25) is 0 Å². The Morgan fingerprint density at radius 1 is 1.62 bits per heavy atom. The van der Waals surface area contributed by atoms with Crippen LogP contribution in [0.25, 0.3) is 0 Å². The zero-order valence-electron chi connectivity index (χ0n) is 3.81. The lowest BCUT2D eigenvalue weighted by Crippen LogP contribution is -1.97. The van der Waals surface area contributed by atoms with E-state index < -0.39 is 5.91 Å². The fourth-order valence-corrected chi connectivity index (χ4v) is 0.279. The molecular weight excluding hydrogens is 110 g/mol. The third-order valence-electron chi connectivity index (χ3n) is 0.576. The molecule has 0 aromatic rings. The molecule has 0 fully saturated rings. The van der Waals surface area contributed by atoms with E-state index in [1.807, 2.05) is 0 Å². The molecule has 0 saturated heterocycles. The number of nitrogens with zero attached hydrogens (tertiary/aromatic N) is 3. The summed E-state index contributed by atoms with van der Waals surface area (Å²) < 4.78 is 0. The molecule has 1 amide bonds. The molecule has 0 aromatic carbocycles. The topological polar surface area (TPSA) is 61.9 Å². The molecular formula is C3H2N3O2+. The molecule has 0 bridgehead atoms. The molecule has 1 aliphatic heterocycles. The Morgan fingerprint density at radius 2 is 2.38 bits per heavy atom. The Bertz CT molecular complexity index is 155. The van der Waals surface area contributed by atoms with Crippen LogP contribution in [0.5, 0.6) is 0 Å². The van der Waals surface area contributed by atoms with Crippen LogP contribution in [0.4, 0.5) is 0 Å². The lowest BCUT2D eigenvalue weighted by molar-refractivity contribution is -0.494. The standard InChI is InChI=1S/C3H2N3O2/c7-3-1-2-6(8)5-4-3/h1-2H/q+1. The van der Waals surface area contributed by atoms with Crippen LogP contribution in [-0.2, 0) is 4.79 Å². The van der Waals surface area contributed by atoms with Crippen molar-refractivity contribution in [2.45, 2.75) is 0 Å². The number of hydrogen-bond acceptors (Lipinski definition) is 2. The fourth-order valence-electron chi connectivity index (χ4n) is 0.279. The average molecular weight is 112 g/mol. The fraction of sp³-hybridized carbons (Fsp3) is 0. The van der Waals surface area contributed by atoms with E-state index in [-0.39, 0.29) is 4.87 Å². The van der Waals surface area contributed by atoms with Gasteiger partial charge < -0.3 is 0 Å². The summed E-state index contributed by atoms with van der Waals surface area (Å²) in [5.41, 5.74) is 0. The van der Waals surface area contributed by atoms with E-state index in [2.05, 4.69) is 10.3 Å². The molecule has 1 heterocycles. The van der Waals surface area contributed by atoms with Crippen LogP contribution in [0.1, 0.15) is 0 Å². The number of hydrogen-bond donors (Lipinski definition) is 0. The normalized spacial score (nSPS) is 17.5. The minimum absolute atomic E-state index is 0.210. The highest BCUT2D eigenvalue weighted by atomic mass is 16.3. The number of carbonyl (C=O) groups is 1. The van der Waals surface area contributed by atoms with Crippen LogP contribution in [0.3, 0.4) is 0 Å². The zero-order chi connectivity index (χ0) is 5.98. The monoisotopic (exact) mass is 112 g/mol. The van der Waals surface area contributed by atoms with Crippen molar-refractivity contribution >= 4 is 5.91 Å². The molecule has 5 nitrogen and oxygen atoms in total. The molecule has 8 heavy (non-hydrogen) atoms. The maximum Gasteiger partial charge on any atom is 0.406 e. The van der Waals surface area contributed by atoms with Gasteiger partial charge in [0.2, 0.25) is 0 Å². The summed E-state index contributed by atoms with van der Waals surface area (Å²) in [4.78, 5) is 20.3. The summed E-state index contributed by atoms with van der Waals surface area (Å²) in [7, 11) is 0. The van der Waals surface area contributed by atoms with Crippen molar-refractivity contribution in [3.63, 3.8) is 0 Å². The Balaban J connectivity index is 2.83. The number of rotatable bonds is 0. The molecule has 40 valence electrons. The van der Waals surface area contributed by atoms with E-state index in [4.69, 9.17) is 0 Å². The third kappa shape index (κ3) is 0.810. The molecule has 0 aliphatic carbocycles. The summed E-state index contributed by atoms with van der Waals surface area (Å²) >= 11 is 0. The predicted octanol–water partition coefficient (Wildman–Crippen LogP) is 0.186. The summed E-state index contributed by atoms with van der Waals surface area (Å²) in [5, 5.41) is 5.80. The van der Waals surface area contributed by atoms with E-state index >= 15 is 0 Å². The maximum atomic E-state index is 10.1. The van der Waals surface area contributed by atoms with Gasteiger partial charge in [0.15, 0.2) is 11.4 Å². The minimum atomic E-state index is -0.503. The Kier molecular flexibility index (Phi) is 0.957. The van der Waals surface area contributed by atoms with E-state index in [0.717, 1.165) is 12.3 Å². The van der Waals surface area contributed by atoms with Crippen molar-refractivity contribution in [1.82, 2.24) is 0 Å². The lowest BCUT2D eigenvalue weighted by Gasteiger charge is -1.75. The molecule has 5 heteroatoms. The quantitative estimate of drug-likeness (QED) is 0.420. The Labute approximate surface area is 44.3 Å². The van der Waals surface area contributed by atoms with Gasteiger partial charge in [-0.1, -0.05) is 0 Å². The molecule has 0 radical (unpaired) electrons. The average Bonchev–Trinajstić information content (AvgIpc) is 1.77. The SMILES string of the molecule is O=C1C=C[N+](=O)N=N1. The predicted molar refractivity (Wildman–Crippen MR) is 22.6 cm³/mol. The number of carbonyl (C=O) groups excluding carboxylic acids is 1. The second-order valence-electron chi connectivity index (χ2n) is 1.15. The molecule has 0 unspecified atom stereocenters. The van der Waals surface area contributed by atoms with Gasteiger partial charge in [-0.2, -0.15) is 0 Å². The second-order valence-corrected chi connectivity index (χ2v) is 1.15. The second kappa shape index (κ2) is 1.61. The van der Waals surface area contributed by atoms with Crippen molar-refractivity contribution < 1.29 is 9.66 Å². The Hall–Kier alpha value is -1.39. The first kappa shape index (κ1) is 4.76. The van der Waals surface area contributed by atoms with Crippen LogP contribution >= 0.6 is 0 Å². The van der Waals surface area contributed by atoms with Gasteiger partial charge in [0, 0.05) is 0 Å². The van der Waals surface area contributed by atoms with E-state index in [0.29, 0.717) is 0 Å². The third-order valence-corrected chi connectivity index (χ3v) is 0.576. The van der Waals surface area contributed by atoms with Gasteiger partial charge in [0.25, 0.3) is 0 Å².